The third-order valence-corrected chi connectivity index (χ3v) is 2.60. The monoisotopic (exact) mass is 205 g/mol. The molecule has 1 saturated heterocycles. The lowest BCUT2D eigenvalue weighted by Gasteiger charge is -2.17. The van der Waals surface area contributed by atoms with E-state index in [4.69, 9.17) is 5.73 Å². The number of aryl methyl sites for hydroxylation is 1. The summed E-state index contributed by atoms with van der Waals surface area (Å²) in [6.45, 7) is 3.56. The van der Waals surface area contributed by atoms with Gasteiger partial charge in [-0.2, -0.15) is 0 Å². The standard InChI is InChI=1S/C11H15N3O/c1-8-3-4-9(12)7-10(8)11(15)14-6-2-5-13-14/h3-4,7,13H,2,5-6,12H2,1H3. The average Bonchev–Trinajstić information content (AvgIpc) is 2.74. The molecule has 1 aromatic rings. The summed E-state index contributed by atoms with van der Waals surface area (Å²) in [6, 6.07) is 5.42. The number of hydrogen-bond donors (Lipinski definition) is 2. The number of nitrogens with zero attached hydrogens (tertiary/aromatic N) is 1. The lowest BCUT2D eigenvalue weighted by Crippen LogP contribution is -2.37. The summed E-state index contributed by atoms with van der Waals surface area (Å²) >= 11 is 0. The van der Waals surface area contributed by atoms with Gasteiger partial charge in [-0.25, -0.2) is 5.43 Å². The molecular formula is C11H15N3O. The highest BCUT2D eigenvalue weighted by molar-refractivity contribution is 5.96. The van der Waals surface area contributed by atoms with Gasteiger partial charge < -0.3 is 5.73 Å². The normalized spacial score (nSPS) is 15.7. The van der Waals surface area contributed by atoms with Crippen molar-refractivity contribution in [2.75, 3.05) is 18.8 Å². The number of hydrazine groups is 1. The van der Waals surface area contributed by atoms with E-state index in [1.54, 1.807) is 11.1 Å². The quantitative estimate of drug-likeness (QED) is 0.670. The van der Waals surface area contributed by atoms with Gasteiger partial charge in [-0.05, 0) is 31.0 Å². The first-order chi connectivity index (χ1) is 7.18. The number of benzene rings is 1. The molecule has 15 heavy (non-hydrogen) atoms. The third kappa shape index (κ3) is 1.94. The van der Waals surface area contributed by atoms with Crippen LogP contribution >= 0.6 is 0 Å². The predicted octanol–water partition coefficient (Wildman–Crippen LogP) is 0.928. The van der Waals surface area contributed by atoms with Crippen molar-refractivity contribution in [1.82, 2.24) is 10.4 Å². The molecule has 3 N–H and O–H groups in total. The minimum absolute atomic E-state index is 0.0114. The lowest BCUT2D eigenvalue weighted by molar-refractivity contribution is 0.0725. The van der Waals surface area contributed by atoms with Crippen molar-refractivity contribution in [2.45, 2.75) is 13.3 Å². The number of nitrogens with two attached hydrogens (primary N) is 1. The highest BCUT2D eigenvalue weighted by atomic mass is 16.2. The van der Waals surface area contributed by atoms with Gasteiger partial charge in [0.2, 0.25) is 0 Å². The molecule has 2 rings (SSSR count). The zero-order valence-corrected chi connectivity index (χ0v) is 8.79. The van der Waals surface area contributed by atoms with E-state index in [0.29, 0.717) is 11.3 Å². The van der Waals surface area contributed by atoms with E-state index in [0.717, 1.165) is 25.1 Å². The van der Waals surface area contributed by atoms with Gasteiger partial charge in [0, 0.05) is 24.3 Å². The molecule has 1 aliphatic heterocycles. The Morgan fingerprint density at radius 1 is 1.53 bits per heavy atom. The second-order valence-corrected chi connectivity index (χ2v) is 3.79. The van der Waals surface area contributed by atoms with Crippen LogP contribution in [0.2, 0.25) is 0 Å². The number of nitrogens with one attached hydrogen (secondary N) is 1. The van der Waals surface area contributed by atoms with Crippen molar-refractivity contribution in [2.24, 2.45) is 0 Å². The van der Waals surface area contributed by atoms with Crippen LogP contribution in [0, 0.1) is 6.92 Å². The number of amides is 1. The maximum Gasteiger partial charge on any atom is 0.268 e. The maximum absolute atomic E-state index is 12.0. The summed E-state index contributed by atoms with van der Waals surface area (Å²) in [4.78, 5) is 12.0. The molecule has 0 saturated carbocycles. The first-order valence-corrected chi connectivity index (χ1v) is 5.10. The van der Waals surface area contributed by atoms with Crippen LogP contribution in [-0.4, -0.2) is 24.0 Å². The molecule has 0 unspecified atom stereocenters. The van der Waals surface area contributed by atoms with E-state index in [1.807, 2.05) is 19.1 Å². The van der Waals surface area contributed by atoms with Crippen molar-refractivity contribution in [3.63, 3.8) is 0 Å². The summed E-state index contributed by atoms with van der Waals surface area (Å²) in [5, 5.41) is 1.65. The molecule has 0 bridgehead atoms. The number of carbonyl (C=O) groups excluding carboxylic acids is 1. The number of nitrogen functional groups attached to an aromatic ring is 1. The fourth-order valence-corrected chi connectivity index (χ4v) is 1.72. The molecule has 1 aliphatic rings. The van der Waals surface area contributed by atoms with E-state index in [1.165, 1.54) is 0 Å². The largest absolute Gasteiger partial charge is 0.399 e. The number of hydrogen-bond acceptors (Lipinski definition) is 3. The summed E-state index contributed by atoms with van der Waals surface area (Å²) in [5.74, 6) is 0.0114. The first kappa shape index (κ1) is 9.98. The van der Waals surface area contributed by atoms with Crippen molar-refractivity contribution in [3.8, 4) is 0 Å². The van der Waals surface area contributed by atoms with E-state index in [9.17, 15) is 4.79 Å². The molecule has 0 aromatic heterocycles. The van der Waals surface area contributed by atoms with Crippen molar-refractivity contribution < 1.29 is 4.79 Å². The number of anilines is 1. The van der Waals surface area contributed by atoms with E-state index in [-0.39, 0.29) is 5.91 Å². The van der Waals surface area contributed by atoms with E-state index in [2.05, 4.69) is 5.43 Å². The molecular weight excluding hydrogens is 190 g/mol. The molecule has 0 spiro atoms. The Labute approximate surface area is 89.0 Å². The molecule has 1 fully saturated rings. The fourth-order valence-electron chi connectivity index (χ4n) is 1.72. The fraction of sp³-hybridized carbons (Fsp3) is 0.364. The van der Waals surface area contributed by atoms with Crippen LogP contribution in [0.25, 0.3) is 0 Å². The van der Waals surface area contributed by atoms with Crippen molar-refractivity contribution in [1.29, 1.82) is 0 Å². The minimum Gasteiger partial charge on any atom is -0.399 e. The van der Waals surface area contributed by atoms with Crippen molar-refractivity contribution in [3.05, 3.63) is 29.3 Å². The minimum atomic E-state index is 0.0114. The smallest absolute Gasteiger partial charge is 0.268 e. The molecule has 1 heterocycles. The Morgan fingerprint density at radius 3 is 3.00 bits per heavy atom. The molecule has 1 amide bonds. The Hall–Kier alpha value is -1.55. The summed E-state index contributed by atoms with van der Waals surface area (Å²) < 4.78 is 0. The van der Waals surface area contributed by atoms with Crippen LogP contribution in [0.15, 0.2) is 18.2 Å². The second kappa shape index (κ2) is 3.90. The summed E-state index contributed by atoms with van der Waals surface area (Å²) in [7, 11) is 0. The van der Waals surface area contributed by atoms with Crippen LogP contribution in [0.5, 0.6) is 0 Å². The molecule has 0 atom stereocenters. The average molecular weight is 205 g/mol. The van der Waals surface area contributed by atoms with Gasteiger partial charge >= 0.3 is 0 Å². The SMILES string of the molecule is Cc1ccc(N)cc1C(=O)N1CCCN1. The highest BCUT2D eigenvalue weighted by Crippen LogP contribution is 2.15. The van der Waals surface area contributed by atoms with Gasteiger partial charge in [-0.3, -0.25) is 9.80 Å². The van der Waals surface area contributed by atoms with Crippen LogP contribution in [0.3, 0.4) is 0 Å². The number of rotatable bonds is 1. The van der Waals surface area contributed by atoms with Crippen LogP contribution < -0.4 is 11.2 Å². The van der Waals surface area contributed by atoms with Gasteiger partial charge in [0.25, 0.3) is 5.91 Å². The zero-order valence-electron chi connectivity index (χ0n) is 8.79. The van der Waals surface area contributed by atoms with E-state index < -0.39 is 0 Å². The number of carbonyl (C=O) groups is 1. The zero-order chi connectivity index (χ0) is 10.8. The summed E-state index contributed by atoms with van der Waals surface area (Å²) in [6.07, 6.45) is 1.01. The molecule has 4 nitrogen and oxygen atoms in total. The first-order valence-electron chi connectivity index (χ1n) is 5.10. The second-order valence-electron chi connectivity index (χ2n) is 3.79. The molecule has 4 heteroatoms. The molecule has 0 radical (unpaired) electrons. The van der Waals surface area contributed by atoms with Crippen LogP contribution in [-0.2, 0) is 0 Å². The maximum atomic E-state index is 12.0. The molecule has 1 aromatic carbocycles. The molecule has 80 valence electrons. The Bertz CT molecular complexity index is 383. The Morgan fingerprint density at radius 2 is 2.33 bits per heavy atom. The summed E-state index contributed by atoms with van der Waals surface area (Å²) in [5.41, 5.74) is 11.0. The topological polar surface area (TPSA) is 58.4 Å². The van der Waals surface area contributed by atoms with E-state index >= 15 is 0 Å². The molecule has 0 aliphatic carbocycles. The van der Waals surface area contributed by atoms with Gasteiger partial charge in [0.05, 0.1) is 0 Å². The van der Waals surface area contributed by atoms with Gasteiger partial charge in [-0.15, -0.1) is 0 Å². The Kier molecular flexibility index (Phi) is 2.60. The predicted molar refractivity (Wildman–Crippen MR) is 59.2 cm³/mol. The highest BCUT2D eigenvalue weighted by Gasteiger charge is 2.20. The van der Waals surface area contributed by atoms with Crippen LogP contribution in [0.1, 0.15) is 22.3 Å². The van der Waals surface area contributed by atoms with Gasteiger partial charge in [-0.1, -0.05) is 6.07 Å². The third-order valence-electron chi connectivity index (χ3n) is 2.60. The van der Waals surface area contributed by atoms with Gasteiger partial charge in [0.15, 0.2) is 0 Å². The Balaban J connectivity index is 2.27. The van der Waals surface area contributed by atoms with Crippen molar-refractivity contribution >= 4 is 11.6 Å². The lowest BCUT2D eigenvalue weighted by atomic mass is 10.1. The van der Waals surface area contributed by atoms with Gasteiger partial charge in [0.1, 0.15) is 0 Å². The van der Waals surface area contributed by atoms with Crippen LogP contribution in [0.4, 0.5) is 5.69 Å².